The lowest BCUT2D eigenvalue weighted by molar-refractivity contribution is -0.117. The average Bonchev–Trinajstić information content (AvgIpc) is 1.79. The van der Waals surface area contributed by atoms with Crippen LogP contribution in [0, 0.1) is 0 Å². The molecule has 0 unspecified atom stereocenters. The smallest absolute Gasteiger partial charge is 0.356 e. The molecule has 0 rings (SSSR count). The van der Waals surface area contributed by atoms with Crippen LogP contribution in [0.5, 0.6) is 0 Å². The number of carbonyl (C=O) groups excluding carboxylic acids is 2. The van der Waals surface area contributed by atoms with Gasteiger partial charge in [0.05, 0.1) is 6.54 Å². The molecule has 0 atom stereocenters. The Morgan fingerprint density at radius 3 is 2.30 bits per heavy atom. The minimum atomic E-state index is -0.871. The maximum Gasteiger partial charge on any atom is 0.356 e. The molecule has 0 fully saturated rings. The topological polar surface area (TPSA) is 111 Å². The van der Waals surface area contributed by atoms with Crippen molar-refractivity contribution in [3.8, 4) is 0 Å². The number of carbonyl (C=O) groups is 2. The largest absolute Gasteiger partial charge is 0.370 e. The maximum absolute atomic E-state index is 10.0. The zero-order valence-electron chi connectivity index (χ0n) is 5.28. The molecule has 0 aromatic rings. The van der Waals surface area contributed by atoms with Crippen molar-refractivity contribution in [2.45, 2.75) is 6.42 Å². The van der Waals surface area contributed by atoms with Crippen LogP contribution in [0.15, 0.2) is 10.2 Å². The third-order valence-corrected chi connectivity index (χ3v) is 0.627. The number of amides is 3. The lowest BCUT2D eigenvalue weighted by Crippen LogP contribution is -2.11. The molecule has 10 heavy (non-hydrogen) atoms. The van der Waals surface area contributed by atoms with Gasteiger partial charge < -0.3 is 11.5 Å². The van der Waals surface area contributed by atoms with E-state index in [0.29, 0.717) is 0 Å². The Kier molecular flexibility index (Phi) is 3.78. The molecule has 0 saturated carbocycles. The number of rotatable bonds is 3. The molecule has 0 aliphatic heterocycles. The van der Waals surface area contributed by atoms with Crippen LogP contribution in [0.4, 0.5) is 4.79 Å². The fourth-order valence-corrected chi connectivity index (χ4v) is 0.280. The fraction of sp³-hybridized carbons (Fsp3) is 0.500. The third kappa shape index (κ3) is 6.54. The predicted molar refractivity (Wildman–Crippen MR) is 33.1 cm³/mol. The van der Waals surface area contributed by atoms with Gasteiger partial charge in [-0.3, -0.25) is 4.79 Å². The van der Waals surface area contributed by atoms with Gasteiger partial charge in [0.2, 0.25) is 5.91 Å². The Hall–Kier alpha value is -1.46. The summed E-state index contributed by atoms with van der Waals surface area (Å²) in [6.45, 7) is 0.109. The molecule has 4 N–H and O–H groups in total. The predicted octanol–water partition coefficient (Wildman–Crippen LogP) is -0.607. The van der Waals surface area contributed by atoms with E-state index in [1.54, 1.807) is 0 Å². The first-order chi connectivity index (χ1) is 4.63. The lowest BCUT2D eigenvalue weighted by Gasteiger charge is -1.85. The highest BCUT2D eigenvalue weighted by molar-refractivity contribution is 5.74. The molecule has 0 saturated heterocycles. The summed E-state index contributed by atoms with van der Waals surface area (Å²) in [5.41, 5.74) is 9.35. The lowest BCUT2D eigenvalue weighted by atomic mass is 10.4. The minimum absolute atomic E-state index is 0.0801. The number of hydrogen-bond acceptors (Lipinski definition) is 3. The third-order valence-electron chi connectivity index (χ3n) is 0.627. The van der Waals surface area contributed by atoms with Crippen LogP contribution in [0.25, 0.3) is 0 Å². The number of nitrogens with zero attached hydrogens (tertiary/aromatic N) is 2. The molecule has 6 heteroatoms. The Labute approximate surface area is 57.3 Å². The molecule has 3 amide bonds. The van der Waals surface area contributed by atoms with Gasteiger partial charge in [0.25, 0.3) is 0 Å². The molecule has 0 spiro atoms. The van der Waals surface area contributed by atoms with E-state index >= 15 is 0 Å². The monoisotopic (exact) mass is 144 g/mol. The van der Waals surface area contributed by atoms with Gasteiger partial charge in [0, 0.05) is 6.42 Å². The van der Waals surface area contributed by atoms with E-state index in [1.807, 2.05) is 0 Å². The molecule has 0 aromatic carbocycles. The fourth-order valence-electron chi connectivity index (χ4n) is 0.280. The van der Waals surface area contributed by atoms with Gasteiger partial charge in [0.15, 0.2) is 0 Å². The number of hydrogen-bond donors (Lipinski definition) is 2. The van der Waals surface area contributed by atoms with Crippen LogP contribution < -0.4 is 11.5 Å². The Morgan fingerprint density at radius 2 is 1.90 bits per heavy atom. The summed E-state index contributed by atoms with van der Waals surface area (Å²) in [5, 5.41) is 6.21. The van der Waals surface area contributed by atoms with Crippen molar-refractivity contribution in [2.75, 3.05) is 6.54 Å². The van der Waals surface area contributed by atoms with Gasteiger partial charge >= 0.3 is 6.03 Å². The SMILES string of the molecule is NC(=O)CCN=NC(N)=O. The van der Waals surface area contributed by atoms with Crippen LogP contribution in [0.2, 0.25) is 0 Å². The molecule has 0 aromatic heterocycles. The van der Waals surface area contributed by atoms with Crippen molar-refractivity contribution >= 4 is 11.9 Å². The molecule has 0 heterocycles. The molecule has 0 radical (unpaired) electrons. The molecule has 6 nitrogen and oxygen atoms in total. The van der Waals surface area contributed by atoms with E-state index in [2.05, 4.69) is 16.0 Å². The standard InChI is InChI=1S/C4H8N4O2/c5-3(9)1-2-7-8-4(6)10/h1-2H2,(H2,5,9)(H2,6,10). The summed E-state index contributed by atoms with van der Waals surface area (Å²) >= 11 is 0. The summed E-state index contributed by atoms with van der Waals surface area (Å²) in [6, 6.07) is -0.871. The van der Waals surface area contributed by atoms with Gasteiger partial charge in [-0.1, -0.05) is 5.11 Å². The van der Waals surface area contributed by atoms with E-state index in [-0.39, 0.29) is 13.0 Å². The van der Waals surface area contributed by atoms with Gasteiger partial charge in [-0.25, -0.2) is 4.79 Å². The molecule has 56 valence electrons. The number of nitrogens with two attached hydrogens (primary N) is 2. The highest BCUT2D eigenvalue weighted by Crippen LogP contribution is 1.80. The van der Waals surface area contributed by atoms with Crippen molar-refractivity contribution < 1.29 is 9.59 Å². The summed E-state index contributed by atoms with van der Waals surface area (Å²) in [4.78, 5) is 19.9. The normalized spacial score (nSPS) is 10.0. The van der Waals surface area contributed by atoms with Crippen LogP contribution >= 0.6 is 0 Å². The van der Waals surface area contributed by atoms with Crippen LogP contribution in [-0.4, -0.2) is 18.5 Å². The van der Waals surface area contributed by atoms with E-state index in [0.717, 1.165) is 0 Å². The van der Waals surface area contributed by atoms with Crippen molar-refractivity contribution in [2.24, 2.45) is 21.7 Å². The first-order valence-electron chi connectivity index (χ1n) is 2.58. The molecule has 0 bridgehead atoms. The number of urea groups is 1. The Morgan fingerprint density at radius 1 is 1.30 bits per heavy atom. The van der Waals surface area contributed by atoms with Crippen molar-refractivity contribution in [3.05, 3.63) is 0 Å². The van der Waals surface area contributed by atoms with Crippen LogP contribution in [0.3, 0.4) is 0 Å². The second kappa shape index (κ2) is 4.42. The van der Waals surface area contributed by atoms with Crippen LogP contribution in [-0.2, 0) is 4.79 Å². The first kappa shape index (κ1) is 8.54. The van der Waals surface area contributed by atoms with Crippen LogP contribution in [0.1, 0.15) is 6.42 Å². The maximum atomic E-state index is 10.0. The average molecular weight is 144 g/mol. The zero-order valence-corrected chi connectivity index (χ0v) is 5.28. The molecule has 0 aliphatic carbocycles. The summed E-state index contributed by atoms with van der Waals surface area (Å²) in [7, 11) is 0. The van der Waals surface area contributed by atoms with Gasteiger partial charge in [-0.2, -0.15) is 5.11 Å². The van der Waals surface area contributed by atoms with Crippen molar-refractivity contribution in [1.29, 1.82) is 0 Å². The minimum Gasteiger partial charge on any atom is -0.370 e. The summed E-state index contributed by atoms with van der Waals surface area (Å²) in [5.74, 6) is -0.483. The van der Waals surface area contributed by atoms with Gasteiger partial charge in [-0.15, -0.1) is 0 Å². The highest BCUT2D eigenvalue weighted by Gasteiger charge is 1.91. The zero-order chi connectivity index (χ0) is 7.98. The molecular formula is C4H8N4O2. The Bertz CT molecular complexity index is 165. The van der Waals surface area contributed by atoms with Crippen molar-refractivity contribution in [3.63, 3.8) is 0 Å². The second-order valence-electron chi connectivity index (χ2n) is 1.52. The molecule has 0 aliphatic rings. The first-order valence-corrected chi connectivity index (χ1v) is 2.58. The van der Waals surface area contributed by atoms with E-state index < -0.39 is 11.9 Å². The van der Waals surface area contributed by atoms with Gasteiger partial charge in [-0.05, 0) is 0 Å². The quantitative estimate of drug-likeness (QED) is 0.515. The summed E-state index contributed by atoms with van der Waals surface area (Å²) in [6.07, 6.45) is 0.0801. The Balaban J connectivity index is 3.36. The summed E-state index contributed by atoms with van der Waals surface area (Å²) < 4.78 is 0. The second-order valence-corrected chi connectivity index (χ2v) is 1.52. The number of primary amides is 2. The van der Waals surface area contributed by atoms with Gasteiger partial charge in [0.1, 0.15) is 0 Å². The van der Waals surface area contributed by atoms with E-state index in [4.69, 9.17) is 5.73 Å². The molecular weight excluding hydrogens is 136 g/mol. The highest BCUT2D eigenvalue weighted by atomic mass is 16.2. The number of azo groups is 1. The van der Waals surface area contributed by atoms with Crippen molar-refractivity contribution in [1.82, 2.24) is 0 Å². The van der Waals surface area contributed by atoms with E-state index in [9.17, 15) is 9.59 Å². The van der Waals surface area contributed by atoms with E-state index in [1.165, 1.54) is 0 Å².